The van der Waals surface area contributed by atoms with E-state index in [1.54, 1.807) is 12.4 Å². The van der Waals surface area contributed by atoms with E-state index in [1.165, 1.54) is 0 Å². The van der Waals surface area contributed by atoms with Crippen molar-refractivity contribution in [1.29, 1.82) is 0 Å². The first-order chi connectivity index (χ1) is 18.1. The molecule has 0 amide bonds. The number of hydrogen-bond donors (Lipinski definition) is 5. The first kappa shape index (κ1) is 30.5. The second-order valence-electron chi connectivity index (χ2n) is 7.57. The van der Waals surface area contributed by atoms with Crippen molar-refractivity contribution in [2.45, 2.75) is 24.8 Å². The van der Waals surface area contributed by atoms with Gasteiger partial charge in [-0.15, -0.1) is 0 Å². The van der Waals surface area contributed by atoms with Crippen molar-refractivity contribution in [3.63, 3.8) is 0 Å². The van der Waals surface area contributed by atoms with Gasteiger partial charge in [0.25, 0.3) is 5.56 Å². The number of nitrogens with one attached hydrogen (secondary N) is 2. The highest BCUT2D eigenvalue weighted by atomic mass is 19.4. The molecule has 0 radical (unpaired) electrons. The third-order valence-corrected chi connectivity index (χ3v) is 4.69. The maximum Gasteiger partial charge on any atom is 0.490 e. The number of aliphatic carboxylic acids is 2. The number of hydrogen-bond acceptors (Lipinski definition) is 6. The average Bonchev–Trinajstić information content (AvgIpc) is 3.39. The lowest BCUT2D eigenvalue weighted by molar-refractivity contribution is -0.193. The lowest BCUT2D eigenvalue weighted by Crippen LogP contribution is -2.21. The Labute approximate surface area is 214 Å². The van der Waals surface area contributed by atoms with E-state index in [0.717, 1.165) is 16.7 Å². The van der Waals surface area contributed by atoms with Crippen LogP contribution in [0.4, 0.5) is 26.3 Å². The molecule has 0 aliphatic carbocycles. The number of H-pyrrole nitrogens is 2. The lowest BCUT2D eigenvalue weighted by atomic mass is 10.1. The number of carboxylic acid groups (broad SMARTS) is 2. The molecule has 39 heavy (non-hydrogen) atoms. The SMILES string of the molecule is N[C@@H](Cc1ccccc1)c1nc2ccc(-c3cn[nH]c3)cc2c(=O)[nH]1.O=C(O)C(F)(F)F.O=C(O)C(F)(F)F. The van der Waals surface area contributed by atoms with Crippen molar-refractivity contribution in [3.8, 4) is 11.1 Å². The van der Waals surface area contributed by atoms with Crippen molar-refractivity contribution in [3.05, 3.63) is 82.7 Å². The highest BCUT2D eigenvalue weighted by molar-refractivity contribution is 5.83. The molecule has 0 bridgehead atoms. The van der Waals surface area contributed by atoms with Gasteiger partial charge < -0.3 is 20.9 Å². The van der Waals surface area contributed by atoms with Gasteiger partial charge in [-0.2, -0.15) is 31.4 Å². The van der Waals surface area contributed by atoms with Crippen LogP contribution in [0.25, 0.3) is 22.0 Å². The standard InChI is InChI=1S/C19H17N5O.2C2HF3O2/c20-16(8-12-4-2-1-3-5-12)18-23-17-7-6-13(14-10-21-22-11-14)9-15(17)19(25)24-18;2*3-2(4,5)1(6)7/h1-7,9-11,16H,8,20H2,(H,21,22)(H,23,24,25);2*(H,6,7)/t16-;;/m0../s1. The molecule has 0 aliphatic rings. The van der Waals surface area contributed by atoms with Gasteiger partial charge in [-0.3, -0.25) is 9.89 Å². The number of rotatable bonds is 4. The number of halogens is 6. The molecule has 0 fully saturated rings. The molecule has 4 aromatic rings. The van der Waals surface area contributed by atoms with E-state index in [1.807, 2.05) is 48.5 Å². The van der Waals surface area contributed by atoms with Gasteiger partial charge in [0, 0.05) is 11.8 Å². The molecule has 6 N–H and O–H groups in total. The van der Waals surface area contributed by atoms with E-state index in [2.05, 4.69) is 20.2 Å². The Morgan fingerprint density at radius 3 is 1.97 bits per heavy atom. The predicted molar refractivity (Wildman–Crippen MR) is 124 cm³/mol. The predicted octanol–water partition coefficient (Wildman–Crippen LogP) is 3.82. The highest BCUT2D eigenvalue weighted by Gasteiger charge is 2.38. The Kier molecular flexibility index (Phi) is 9.91. The fraction of sp³-hybridized carbons (Fsp3) is 0.174. The van der Waals surface area contributed by atoms with Gasteiger partial charge >= 0.3 is 24.3 Å². The molecular formula is C23H19F6N5O5. The van der Waals surface area contributed by atoms with Gasteiger partial charge in [-0.05, 0) is 29.7 Å². The molecule has 0 saturated heterocycles. The largest absolute Gasteiger partial charge is 0.490 e. The fourth-order valence-electron chi connectivity index (χ4n) is 2.89. The Morgan fingerprint density at radius 2 is 1.49 bits per heavy atom. The summed E-state index contributed by atoms with van der Waals surface area (Å²) in [5.74, 6) is -5.02. The van der Waals surface area contributed by atoms with E-state index in [0.29, 0.717) is 23.1 Å². The molecule has 16 heteroatoms. The van der Waals surface area contributed by atoms with Crippen LogP contribution in [0.2, 0.25) is 0 Å². The van der Waals surface area contributed by atoms with Crippen molar-refractivity contribution in [2.75, 3.05) is 0 Å². The Morgan fingerprint density at radius 1 is 0.923 bits per heavy atom. The van der Waals surface area contributed by atoms with E-state index in [-0.39, 0.29) is 11.6 Å². The summed E-state index contributed by atoms with van der Waals surface area (Å²) in [5, 5.41) is 21.5. The van der Waals surface area contributed by atoms with Crippen molar-refractivity contribution >= 4 is 22.8 Å². The second-order valence-corrected chi connectivity index (χ2v) is 7.57. The van der Waals surface area contributed by atoms with E-state index in [4.69, 9.17) is 25.5 Å². The zero-order chi connectivity index (χ0) is 29.4. The fourth-order valence-corrected chi connectivity index (χ4v) is 2.89. The third kappa shape index (κ3) is 9.26. The Hall–Kier alpha value is -4.73. The van der Waals surface area contributed by atoms with Crippen LogP contribution in [-0.2, 0) is 16.0 Å². The summed E-state index contributed by atoms with van der Waals surface area (Å²) in [7, 11) is 0. The van der Waals surface area contributed by atoms with E-state index >= 15 is 0 Å². The molecule has 0 aliphatic heterocycles. The van der Waals surface area contributed by atoms with Gasteiger partial charge in [-0.1, -0.05) is 36.4 Å². The molecule has 2 heterocycles. The van der Waals surface area contributed by atoms with Crippen LogP contribution in [0, 0.1) is 0 Å². The maximum atomic E-state index is 12.5. The van der Waals surface area contributed by atoms with Gasteiger partial charge in [0.2, 0.25) is 0 Å². The van der Waals surface area contributed by atoms with Crippen LogP contribution >= 0.6 is 0 Å². The number of alkyl halides is 6. The highest BCUT2D eigenvalue weighted by Crippen LogP contribution is 2.22. The number of aromatic amines is 2. The van der Waals surface area contributed by atoms with Crippen molar-refractivity contribution in [1.82, 2.24) is 20.2 Å². The smallest absolute Gasteiger partial charge is 0.475 e. The summed E-state index contributed by atoms with van der Waals surface area (Å²) < 4.78 is 63.5. The minimum absolute atomic E-state index is 0.186. The molecule has 1 atom stereocenters. The number of aromatic nitrogens is 4. The minimum atomic E-state index is -5.08. The van der Waals surface area contributed by atoms with Crippen LogP contribution < -0.4 is 11.3 Å². The summed E-state index contributed by atoms with van der Waals surface area (Å²) in [4.78, 5) is 37.7. The van der Waals surface area contributed by atoms with Crippen molar-refractivity contribution in [2.24, 2.45) is 5.73 Å². The second kappa shape index (κ2) is 12.7. The quantitative estimate of drug-likeness (QED) is 0.235. The topological polar surface area (TPSA) is 175 Å². The van der Waals surface area contributed by atoms with Crippen LogP contribution in [0.5, 0.6) is 0 Å². The summed E-state index contributed by atoms with van der Waals surface area (Å²) in [6.07, 6.45) is -6.05. The molecule has 2 aromatic heterocycles. The van der Waals surface area contributed by atoms with Crippen LogP contribution in [0.1, 0.15) is 17.4 Å². The summed E-state index contributed by atoms with van der Waals surface area (Å²) in [6, 6.07) is 15.1. The third-order valence-electron chi connectivity index (χ3n) is 4.69. The molecule has 10 nitrogen and oxygen atoms in total. The molecule has 0 saturated carbocycles. The maximum absolute atomic E-state index is 12.5. The zero-order valence-corrected chi connectivity index (χ0v) is 19.4. The van der Waals surface area contributed by atoms with Gasteiger partial charge in [-0.25, -0.2) is 14.6 Å². The summed E-state index contributed by atoms with van der Waals surface area (Å²) >= 11 is 0. The molecule has 0 unspecified atom stereocenters. The number of nitrogens with two attached hydrogens (primary N) is 1. The first-order valence-corrected chi connectivity index (χ1v) is 10.5. The van der Waals surface area contributed by atoms with Gasteiger partial charge in [0.1, 0.15) is 5.82 Å². The number of fused-ring (bicyclic) bond motifs is 1. The van der Waals surface area contributed by atoms with Crippen molar-refractivity contribution < 1.29 is 46.1 Å². The Bertz CT molecular complexity index is 1430. The number of carboxylic acids is 2. The first-order valence-electron chi connectivity index (χ1n) is 10.5. The van der Waals surface area contributed by atoms with Gasteiger partial charge in [0.15, 0.2) is 0 Å². The summed E-state index contributed by atoms with van der Waals surface area (Å²) in [5.41, 5.74) is 9.64. The zero-order valence-electron chi connectivity index (χ0n) is 19.4. The number of nitrogens with zero attached hydrogens (tertiary/aromatic N) is 2. The average molecular weight is 559 g/mol. The summed E-state index contributed by atoms with van der Waals surface area (Å²) in [6.45, 7) is 0. The molecule has 208 valence electrons. The number of benzene rings is 2. The molecule has 4 rings (SSSR count). The van der Waals surface area contributed by atoms with Gasteiger partial charge in [0.05, 0.1) is 23.1 Å². The molecule has 2 aromatic carbocycles. The van der Waals surface area contributed by atoms with Crippen LogP contribution in [0.15, 0.2) is 65.7 Å². The normalized spacial score (nSPS) is 12.0. The van der Waals surface area contributed by atoms with Crippen LogP contribution in [-0.4, -0.2) is 54.7 Å². The monoisotopic (exact) mass is 559 g/mol. The Balaban J connectivity index is 0.000000317. The lowest BCUT2D eigenvalue weighted by Gasteiger charge is -2.12. The van der Waals surface area contributed by atoms with E-state index < -0.39 is 24.3 Å². The minimum Gasteiger partial charge on any atom is -0.475 e. The van der Waals surface area contributed by atoms with Crippen LogP contribution in [0.3, 0.4) is 0 Å². The molecule has 0 spiro atoms. The van der Waals surface area contributed by atoms with E-state index in [9.17, 15) is 31.1 Å². The number of carbonyl (C=O) groups is 2. The molecular weight excluding hydrogens is 540 g/mol.